The van der Waals surface area contributed by atoms with E-state index in [2.05, 4.69) is 37.1 Å². The maximum atomic E-state index is 6.35. The zero-order chi connectivity index (χ0) is 14.7. The van der Waals surface area contributed by atoms with E-state index in [9.17, 15) is 0 Å². The average molecular weight is 295 g/mol. The Bertz CT molecular complexity index is 437. The molecule has 0 aromatic heterocycles. The molecule has 112 valence electrons. The first-order chi connectivity index (χ1) is 9.52. The van der Waals surface area contributed by atoms with E-state index in [1.54, 1.807) is 0 Å². The van der Waals surface area contributed by atoms with E-state index in [0.29, 0.717) is 6.04 Å². The predicted molar refractivity (Wildman–Crippen MR) is 88.5 cm³/mol. The molecular formula is C17H27ClN2. The first kappa shape index (κ1) is 15.7. The zero-order valence-electron chi connectivity index (χ0n) is 12.9. The van der Waals surface area contributed by atoms with Gasteiger partial charge in [-0.1, -0.05) is 31.0 Å². The van der Waals surface area contributed by atoms with Crippen molar-refractivity contribution < 1.29 is 0 Å². The monoisotopic (exact) mass is 294 g/mol. The largest absolute Gasteiger partial charge is 0.372 e. The van der Waals surface area contributed by atoms with Gasteiger partial charge in [-0.25, -0.2) is 0 Å². The van der Waals surface area contributed by atoms with Crippen LogP contribution in [0.15, 0.2) is 18.2 Å². The highest BCUT2D eigenvalue weighted by atomic mass is 35.5. The molecule has 1 saturated carbocycles. The topological polar surface area (TPSA) is 29.3 Å². The van der Waals surface area contributed by atoms with Crippen LogP contribution in [-0.4, -0.2) is 13.1 Å². The van der Waals surface area contributed by atoms with Crippen molar-refractivity contribution in [3.8, 4) is 0 Å². The van der Waals surface area contributed by atoms with Gasteiger partial charge in [-0.2, -0.15) is 0 Å². The lowest BCUT2D eigenvalue weighted by Gasteiger charge is -2.36. The molecule has 2 N–H and O–H groups in total. The second-order valence-corrected chi connectivity index (χ2v) is 6.60. The molecule has 0 spiro atoms. The molecule has 3 heteroatoms. The number of hydrogen-bond acceptors (Lipinski definition) is 2. The number of halogens is 1. The van der Waals surface area contributed by atoms with Crippen LogP contribution in [0.3, 0.4) is 0 Å². The van der Waals surface area contributed by atoms with Gasteiger partial charge in [-0.3, -0.25) is 0 Å². The van der Waals surface area contributed by atoms with Crippen LogP contribution in [0.5, 0.6) is 0 Å². The molecule has 1 aromatic rings. The van der Waals surface area contributed by atoms with E-state index in [1.807, 2.05) is 6.92 Å². The minimum absolute atomic E-state index is 0.0122. The normalized spacial score (nSPS) is 24.4. The van der Waals surface area contributed by atoms with Gasteiger partial charge in [0.05, 0.1) is 0 Å². The number of rotatable bonds is 4. The molecule has 0 amide bonds. The Hall–Kier alpha value is -0.730. The Kier molecular flexibility index (Phi) is 5.34. The van der Waals surface area contributed by atoms with Gasteiger partial charge in [0.1, 0.15) is 0 Å². The van der Waals surface area contributed by atoms with Crippen molar-refractivity contribution >= 4 is 17.3 Å². The van der Waals surface area contributed by atoms with Crippen LogP contribution < -0.4 is 10.6 Å². The molecule has 0 aliphatic heterocycles. The molecule has 2 rings (SSSR count). The first-order valence-corrected chi connectivity index (χ1v) is 8.18. The van der Waals surface area contributed by atoms with Crippen molar-refractivity contribution in [2.24, 2.45) is 11.7 Å². The smallest absolute Gasteiger partial charge is 0.0474 e. The van der Waals surface area contributed by atoms with Crippen molar-refractivity contribution in [1.82, 2.24) is 0 Å². The molecule has 20 heavy (non-hydrogen) atoms. The first-order valence-electron chi connectivity index (χ1n) is 7.80. The van der Waals surface area contributed by atoms with E-state index < -0.39 is 0 Å². The van der Waals surface area contributed by atoms with Crippen LogP contribution in [0.1, 0.15) is 57.6 Å². The van der Waals surface area contributed by atoms with Gasteiger partial charge >= 0.3 is 0 Å². The van der Waals surface area contributed by atoms with Crippen LogP contribution >= 0.6 is 11.6 Å². The van der Waals surface area contributed by atoms with Crippen molar-refractivity contribution in [1.29, 1.82) is 0 Å². The number of anilines is 1. The van der Waals surface area contributed by atoms with E-state index in [-0.39, 0.29) is 6.04 Å². The van der Waals surface area contributed by atoms with Crippen LogP contribution in [0.4, 0.5) is 5.69 Å². The van der Waals surface area contributed by atoms with E-state index in [0.717, 1.165) is 16.5 Å². The fraction of sp³-hybridized carbons (Fsp3) is 0.647. The van der Waals surface area contributed by atoms with Gasteiger partial charge in [0.25, 0.3) is 0 Å². The number of nitrogens with two attached hydrogens (primary N) is 1. The zero-order valence-corrected chi connectivity index (χ0v) is 13.7. The Morgan fingerprint density at radius 3 is 2.45 bits per heavy atom. The molecule has 1 fully saturated rings. The van der Waals surface area contributed by atoms with Gasteiger partial charge in [0.2, 0.25) is 0 Å². The lowest BCUT2D eigenvalue weighted by atomic mass is 9.84. The minimum Gasteiger partial charge on any atom is -0.372 e. The quantitative estimate of drug-likeness (QED) is 0.867. The standard InChI is InChI=1S/C17H27ClN2/c1-4-13-5-7-14(8-6-13)20(3)15-9-10-16(12(2)19)17(18)11-15/h9-14H,4-8,19H2,1-3H3. The Balaban J connectivity index is 2.06. The fourth-order valence-electron chi connectivity index (χ4n) is 3.26. The Labute approximate surface area is 128 Å². The van der Waals surface area contributed by atoms with Crippen LogP contribution in [0.25, 0.3) is 0 Å². The van der Waals surface area contributed by atoms with E-state index >= 15 is 0 Å². The summed E-state index contributed by atoms with van der Waals surface area (Å²) in [5.74, 6) is 0.934. The van der Waals surface area contributed by atoms with Gasteiger partial charge in [0, 0.05) is 29.8 Å². The molecule has 0 radical (unpaired) electrons. The maximum absolute atomic E-state index is 6.35. The summed E-state index contributed by atoms with van der Waals surface area (Å²) in [7, 11) is 2.19. The van der Waals surface area contributed by atoms with Crippen LogP contribution in [0.2, 0.25) is 5.02 Å². The third kappa shape index (κ3) is 3.48. The highest BCUT2D eigenvalue weighted by molar-refractivity contribution is 6.31. The minimum atomic E-state index is -0.0122. The molecule has 1 unspecified atom stereocenters. The third-order valence-corrected chi connectivity index (χ3v) is 5.15. The second kappa shape index (κ2) is 6.82. The Morgan fingerprint density at radius 1 is 1.30 bits per heavy atom. The summed E-state index contributed by atoms with van der Waals surface area (Å²) >= 11 is 6.35. The van der Waals surface area contributed by atoms with Crippen LogP contribution in [0, 0.1) is 5.92 Å². The van der Waals surface area contributed by atoms with Crippen molar-refractivity contribution in [3.05, 3.63) is 28.8 Å². The van der Waals surface area contributed by atoms with Crippen molar-refractivity contribution in [2.45, 2.75) is 58.0 Å². The lowest BCUT2D eigenvalue weighted by molar-refractivity contribution is 0.313. The summed E-state index contributed by atoms with van der Waals surface area (Å²) < 4.78 is 0. The summed E-state index contributed by atoms with van der Waals surface area (Å²) in [5, 5.41) is 0.784. The molecule has 1 atom stereocenters. The summed E-state index contributed by atoms with van der Waals surface area (Å²) in [6, 6.07) is 6.91. The van der Waals surface area contributed by atoms with Crippen LogP contribution in [-0.2, 0) is 0 Å². The lowest BCUT2D eigenvalue weighted by Crippen LogP contribution is -2.35. The van der Waals surface area contributed by atoms with Crippen molar-refractivity contribution in [2.75, 3.05) is 11.9 Å². The van der Waals surface area contributed by atoms with Gasteiger partial charge in [-0.05, 0) is 56.2 Å². The third-order valence-electron chi connectivity index (χ3n) is 4.82. The molecule has 2 nitrogen and oxygen atoms in total. The Morgan fingerprint density at radius 2 is 1.95 bits per heavy atom. The molecule has 0 heterocycles. The fourth-order valence-corrected chi connectivity index (χ4v) is 3.60. The predicted octanol–water partition coefficient (Wildman–Crippen LogP) is 4.76. The number of hydrogen-bond donors (Lipinski definition) is 1. The average Bonchev–Trinajstić information content (AvgIpc) is 2.46. The number of nitrogens with zero attached hydrogens (tertiary/aromatic N) is 1. The van der Waals surface area contributed by atoms with Gasteiger partial charge in [0.15, 0.2) is 0 Å². The highest BCUT2D eigenvalue weighted by Gasteiger charge is 2.23. The molecule has 0 bridgehead atoms. The second-order valence-electron chi connectivity index (χ2n) is 6.19. The summed E-state index contributed by atoms with van der Waals surface area (Å²) in [5.41, 5.74) is 8.15. The van der Waals surface area contributed by atoms with E-state index in [4.69, 9.17) is 17.3 Å². The maximum Gasteiger partial charge on any atom is 0.0474 e. The molecular weight excluding hydrogens is 268 g/mol. The summed E-state index contributed by atoms with van der Waals surface area (Å²) in [4.78, 5) is 2.39. The van der Waals surface area contributed by atoms with Crippen molar-refractivity contribution in [3.63, 3.8) is 0 Å². The molecule has 1 aromatic carbocycles. The molecule has 1 aliphatic rings. The van der Waals surface area contributed by atoms with Gasteiger partial charge in [-0.15, -0.1) is 0 Å². The SMILES string of the molecule is CCC1CCC(N(C)c2ccc(C(C)N)c(Cl)c2)CC1. The number of benzene rings is 1. The van der Waals surface area contributed by atoms with Gasteiger partial charge < -0.3 is 10.6 Å². The molecule has 1 aliphatic carbocycles. The summed E-state index contributed by atoms with van der Waals surface area (Å²) in [6.07, 6.45) is 6.63. The summed E-state index contributed by atoms with van der Waals surface area (Å²) in [6.45, 7) is 4.28. The molecule has 0 saturated heterocycles. The highest BCUT2D eigenvalue weighted by Crippen LogP contribution is 2.33. The van der Waals surface area contributed by atoms with E-state index in [1.165, 1.54) is 37.8 Å².